The maximum absolute atomic E-state index is 6.38. The number of rotatable bonds is 5. The van der Waals surface area contributed by atoms with Crippen LogP contribution in [0.15, 0.2) is 192 Å². The first-order valence-corrected chi connectivity index (χ1v) is 17.1. The molecule has 0 radical (unpaired) electrons. The Bertz CT molecular complexity index is 2870. The van der Waals surface area contributed by atoms with E-state index in [1.54, 1.807) is 0 Å². The monoisotopic (exact) mass is 637 g/mol. The van der Waals surface area contributed by atoms with Crippen molar-refractivity contribution in [2.75, 3.05) is 4.90 Å². The van der Waals surface area contributed by atoms with Crippen LogP contribution < -0.4 is 4.90 Å². The lowest BCUT2D eigenvalue weighted by atomic mass is 9.98. The summed E-state index contributed by atoms with van der Waals surface area (Å²) in [5.41, 5.74) is 9.80. The molecule has 9 aromatic carbocycles. The van der Waals surface area contributed by atoms with Crippen molar-refractivity contribution in [3.05, 3.63) is 188 Å². The lowest BCUT2D eigenvalue weighted by molar-refractivity contribution is 0.669. The highest BCUT2D eigenvalue weighted by atomic mass is 16.3. The van der Waals surface area contributed by atoms with Gasteiger partial charge in [-0.25, -0.2) is 0 Å². The molecule has 10 rings (SSSR count). The number of para-hydroxylation sites is 1. The molecule has 10 aromatic rings. The Hall–Kier alpha value is -6.64. The van der Waals surface area contributed by atoms with Gasteiger partial charge in [0.05, 0.1) is 5.69 Å². The van der Waals surface area contributed by atoms with Crippen molar-refractivity contribution in [1.29, 1.82) is 0 Å². The van der Waals surface area contributed by atoms with Gasteiger partial charge in [-0.05, 0) is 104 Å². The standard InChI is InChI=1S/C48H31NO/c1-2-10-32(11-3-1)33-20-23-39(24-21-33)49(40-25-26-42-37(28-40)19-18-34-12-6-7-15-41(34)42)46-17-9-8-16-43(46)38-22-27-47-44(30-38)45-29-35-13-4-5-14-36(35)31-48(45)50-47/h1-31H. The van der Waals surface area contributed by atoms with Crippen LogP contribution in [0.3, 0.4) is 0 Å². The first-order valence-electron chi connectivity index (χ1n) is 17.1. The van der Waals surface area contributed by atoms with E-state index in [0.29, 0.717) is 0 Å². The Kier molecular flexibility index (Phi) is 6.53. The summed E-state index contributed by atoms with van der Waals surface area (Å²) >= 11 is 0. The predicted octanol–water partition coefficient (Wildman–Crippen LogP) is 13.8. The second kappa shape index (κ2) is 11.5. The molecule has 1 heterocycles. The zero-order valence-corrected chi connectivity index (χ0v) is 27.3. The fraction of sp³-hybridized carbons (Fsp3) is 0. The van der Waals surface area contributed by atoms with E-state index in [0.717, 1.165) is 50.1 Å². The van der Waals surface area contributed by atoms with Gasteiger partial charge in [0, 0.05) is 27.7 Å². The average molecular weight is 638 g/mol. The van der Waals surface area contributed by atoms with E-state index >= 15 is 0 Å². The molecule has 0 atom stereocenters. The van der Waals surface area contributed by atoms with Crippen LogP contribution in [0.1, 0.15) is 0 Å². The van der Waals surface area contributed by atoms with Crippen molar-refractivity contribution in [2.45, 2.75) is 0 Å². The maximum atomic E-state index is 6.38. The molecular weight excluding hydrogens is 607 g/mol. The minimum Gasteiger partial charge on any atom is -0.456 e. The Morgan fingerprint density at radius 1 is 0.320 bits per heavy atom. The van der Waals surface area contributed by atoms with Crippen molar-refractivity contribution in [3.8, 4) is 22.3 Å². The minimum atomic E-state index is 0.895. The molecule has 0 N–H and O–H groups in total. The lowest BCUT2D eigenvalue weighted by Crippen LogP contribution is -2.11. The second-order valence-electron chi connectivity index (χ2n) is 13.0. The van der Waals surface area contributed by atoms with Gasteiger partial charge in [0.1, 0.15) is 11.2 Å². The Morgan fingerprint density at radius 2 is 0.940 bits per heavy atom. The fourth-order valence-corrected chi connectivity index (χ4v) is 7.54. The highest BCUT2D eigenvalue weighted by Crippen LogP contribution is 2.44. The van der Waals surface area contributed by atoms with Crippen LogP contribution in [-0.2, 0) is 0 Å². The van der Waals surface area contributed by atoms with Crippen molar-refractivity contribution < 1.29 is 4.42 Å². The van der Waals surface area contributed by atoms with E-state index in [1.165, 1.54) is 43.4 Å². The maximum Gasteiger partial charge on any atom is 0.136 e. The highest BCUT2D eigenvalue weighted by Gasteiger charge is 2.19. The number of benzene rings is 9. The smallest absolute Gasteiger partial charge is 0.136 e. The number of furan rings is 1. The van der Waals surface area contributed by atoms with E-state index in [4.69, 9.17) is 4.42 Å². The molecule has 50 heavy (non-hydrogen) atoms. The normalized spacial score (nSPS) is 11.6. The van der Waals surface area contributed by atoms with E-state index in [-0.39, 0.29) is 0 Å². The van der Waals surface area contributed by atoms with Gasteiger partial charge in [-0.15, -0.1) is 0 Å². The summed E-state index contributed by atoms with van der Waals surface area (Å²) in [7, 11) is 0. The quantitative estimate of drug-likeness (QED) is 0.175. The molecule has 0 saturated carbocycles. The fourth-order valence-electron chi connectivity index (χ4n) is 7.54. The predicted molar refractivity (Wildman–Crippen MR) is 212 cm³/mol. The molecule has 0 bridgehead atoms. The summed E-state index contributed by atoms with van der Waals surface area (Å²) in [5.74, 6) is 0. The number of hydrogen-bond donors (Lipinski definition) is 0. The zero-order valence-electron chi connectivity index (χ0n) is 27.3. The van der Waals surface area contributed by atoms with Gasteiger partial charge < -0.3 is 9.32 Å². The summed E-state index contributed by atoms with van der Waals surface area (Å²) in [6.07, 6.45) is 0. The SMILES string of the molecule is c1ccc(-c2ccc(N(c3ccc4c(ccc5ccccc54)c3)c3ccccc3-c3ccc4oc5cc6ccccc6cc5c4c3)cc2)cc1. The van der Waals surface area contributed by atoms with Crippen LogP contribution in [0, 0.1) is 0 Å². The van der Waals surface area contributed by atoms with Gasteiger partial charge >= 0.3 is 0 Å². The van der Waals surface area contributed by atoms with Crippen LogP contribution in [0.2, 0.25) is 0 Å². The van der Waals surface area contributed by atoms with Gasteiger partial charge in [-0.1, -0.05) is 133 Å². The first kappa shape index (κ1) is 28.4. The molecule has 0 aliphatic heterocycles. The van der Waals surface area contributed by atoms with Gasteiger partial charge in [0.15, 0.2) is 0 Å². The summed E-state index contributed by atoms with van der Waals surface area (Å²) in [6.45, 7) is 0. The molecule has 2 heteroatoms. The van der Waals surface area contributed by atoms with Crippen LogP contribution in [0.5, 0.6) is 0 Å². The van der Waals surface area contributed by atoms with Gasteiger partial charge in [-0.3, -0.25) is 0 Å². The summed E-state index contributed by atoms with van der Waals surface area (Å²) in [5, 5.41) is 9.63. The van der Waals surface area contributed by atoms with E-state index in [2.05, 4.69) is 193 Å². The zero-order chi connectivity index (χ0) is 33.0. The molecule has 2 nitrogen and oxygen atoms in total. The van der Waals surface area contributed by atoms with Crippen LogP contribution in [-0.4, -0.2) is 0 Å². The van der Waals surface area contributed by atoms with Crippen molar-refractivity contribution >= 4 is 71.3 Å². The van der Waals surface area contributed by atoms with Gasteiger partial charge in [0.25, 0.3) is 0 Å². The molecule has 0 aliphatic carbocycles. The molecular formula is C48H31NO. The van der Waals surface area contributed by atoms with E-state index in [9.17, 15) is 0 Å². The summed E-state index contributed by atoms with van der Waals surface area (Å²) < 4.78 is 6.38. The number of hydrogen-bond acceptors (Lipinski definition) is 2. The molecule has 1 aromatic heterocycles. The second-order valence-corrected chi connectivity index (χ2v) is 13.0. The summed E-state index contributed by atoms with van der Waals surface area (Å²) in [4.78, 5) is 2.39. The highest BCUT2D eigenvalue weighted by molar-refractivity contribution is 6.12. The third-order valence-electron chi connectivity index (χ3n) is 10.0. The lowest BCUT2D eigenvalue weighted by Gasteiger charge is -2.28. The largest absolute Gasteiger partial charge is 0.456 e. The molecule has 0 fully saturated rings. The topological polar surface area (TPSA) is 16.4 Å². The minimum absolute atomic E-state index is 0.895. The van der Waals surface area contributed by atoms with Crippen LogP contribution in [0.25, 0.3) is 76.5 Å². The molecule has 0 aliphatic rings. The van der Waals surface area contributed by atoms with Gasteiger partial charge in [-0.2, -0.15) is 0 Å². The third kappa shape index (κ3) is 4.73. The molecule has 0 unspecified atom stereocenters. The summed E-state index contributed by atoms with van der Waals surface area (Å²) in [6, 6.07) is 67.6. The molecule has 0 saturated heterocycles. The third-order valence-corrected chi connectivity index (χ3v) is 10.0. The Labute approximate surface area is 290 Å². The first-order chi connectivity index (χ1) is 24.8. The van der Waals surface area contributed by atoms with E-state index < -0.39 is 0 Å². The number of nitrogens with zero attached hydrogens (tertiary/aromatic N) is 1. The van der Waals surface area contributed by atoms with Crippen molar-refractivity contribution in [3.63, 3.8) is 0 Å². The molecule has 0 spiro atoms. The number of fused-ring (bicyclic) bond motifs is 7. The Morgan fingerprint density at radius 3 is 1.80 bits per heavy atom. The van der Waals surface area contributed by atoms with Gasteiger partial charge in [0.2, 0.25) is 0 Å². The molecule has 0 amide bonds. The average Bonchev–Trinajstić information content (AvgIpc) is 3.54. The van der Waals surface area contributed by atoms with Crippen LogP contribution >= 0.6 is 0 Å². The van der Waals surface area contributed by atoms with Crippen molar-refractivity contribution in [1.82, 2.24) is 0 Å². The Balaban J connectivity index is 1.16. The van der Waals surface area contributed by atoms with Crippen LogP contribution in [0.4, 0.5) is 17.1 Å². The molecule has 234 valence electrons. The van der Waals surface area contributed by atoms with E-state index in [1.807, 2.05) is 0 Å². The number of anilines is 3. The van der Waals surface area contributed by atoms with Crippen molar-refractivity contribution in [2.24, 2.45) is 0 Å².